The fourth-order valence-electron chi connectivity index (χ4n) is 2.15. The van der Waals surface area contributed by atoms with E-state index in [2.05, 4.69) is 9.80 Å². The number of rotatable bonds is 0. The van der Waals surface area contributed by atoms with Crippen LogP contribution in [-0.4, -0.2) is 88.8 Å². The highest BCUT2D eigenvalue weighted by atomic mass is 16.5. The van der Waals surface area contributed by atoms with E-state index in [9.17, 15) is 0 Å². The van der Waals surface area contributed by atoms with E-state index in [4.69, 9.17) is 18.9 Å². The zero-order valence-electron chi connectivity index (χ0n) is 12.2. The van der Waals surface area contributed by atoms with Crippen molar-refractivity contribution in [3.05, 3.63) is 12.5 Å². The minimum Gasteiger partial charge on any atom is -0.497 e. The Morgan fingerprint density at radius 3 is 1.80 bits per heavy atom. The maximum atomic E-state index is 5.70. The van der Waals surface area contributed by atoms with Gasteiger partial charge >= 0.3 is 0 Å². The largest absolute Gasteiger partial charge is 0.497 e. The molecule has 2 bridgehead atoms. The second-order valence-electron chi connectivity index (χ2n) is 4.87. The van der Waals surface area contributed by atoms with Crippen LogP contribution in [0.1, 0.15) is 0 Å². The maximum Gasteiger partial charge on any atom is 0.111 e. The van der Waals surface area contributed by atoms with Crippen molar-refractivity contribution in [2.24, 2.45) is 0 Å². The quantitative estimate of drug-likeness (QED) is 0.632. The average molecular weight is 286 g/mol. The first kappa shape index (κ1) is 15.6. The molecule has 3 heterocycles. The van der Waals surface area contributed by atoms with Gasteiger partial charge in [0.05, 0.1) is 45.9 Å². The molecule has 0 saturated carbocycles. The van der Waals surface area contributed by atoms with Crippen molar-refractivity contribution in [3.8, 4) is 0 Å². The van der Waals surface area contributed by atoms with E-state index in [1.165, 1.54) is 0 Å². The zero-order valence-corrected chi connectivity index (χ0v) is 12.2. The van der Waals surface area contributed by atoms with Crippen LogP contribution in [0.15, 0.2) is 12.5 Å². The van der Waals surface area contributed by atoms with Crippen LogP contribution in [0.4, 0.5) is 0 Å². The van der Waals surface area contributed by atoms with Crippen molar-refractivity contribution >= 4 is 0 Å². The molecule has 0 amide bonds. The van der Waals surface area contributed by atoms with Gasteiger partial charge in [-0.2, -0.15) is 0 Å². The molecule has 1 saturated heterocycles. The summed E-state index contributed by atoms with van der Waals surface area (Å²) in [5.41, 5.74) is 0. The van der Waals surface area contributed by atoms with E-state index in [0.29, 0.717) is 13.2 Å². The van der Waals surface area contributed by atoms with Gasteiger partial charge in [0.1, 0.15) is 6.61 Å². The molecule has 3 aliphatic rings. The summed E-state index contributed by atoms with van der Waals surface area (Å²) in [6.07, 6.45) is 3.69. The van der Waals surface area contributed by atoms with Crippen LogP contribution in [0.2, 0.25) is 0 Å². The second-order valence-corrected chi connectivity index (χ2v) is 4.87. The normalized spacial score (nSPS) is 24.9. The zero-order chi connectivity index (χ0) is 13.9. The molecular formula is C14H26N2O4. The molecule has 0 aromatic rings. The number of hydrogen-bond donors (Lipinski definition) is 0. The van der Waals surface area contributed by atoms with Crippen LogP contribution >= 0.6 is 0 Å². The molecule has 6 heteroatoms. The van der Waals surface area contributed by atoms with Crippen LogP contribution in [0, 0.1) is 0 Å². The smallest absolute Gasteiger partial charge is 0.111 e. The van der Waals surface area contributed by atoms with Gasteiger partial charge in [0.2, 0.25) is 0 Å². The third kappa shape index (κ3) is 6.56. The molecular weight excluding hydrogens is 260 g/mol. The lowest BCUT2D eigenvalue weighted by Crippen LogP contribution is -2.36. The summed E-state index contributed by atoms with van der Waals surface area (Å²) < 4.78 is 22.4. The van der Waals surface area contributed by atoms with Gasteiger partial charge in [0.25, 0.3) is 0 Å². The highest BCUT2D eigenvalue weighted by molar-refractivity contribution is 4.76. The van der Waals surface area contributed by atoms with Gasteiger partial charge in [-0.3, -0.25) is 4.90 Å². The number of nitrogens with zero attached hydrogens (tertiary/aromatic N) is 2. The lowest BCUT2D eigenvalue weighted by molar-refractivity contribution is 0.0328. The number of ether oxygens (including phenoxy) is 4. The summed E-state index contributed by atoms with van der Waals surface area (Å²) in [6.45, 7) is 9.42. The third-order valence-electron chi connectivity index (χ3n) is 3.41. The van der Waals surface area contributed by atoms with Crippen LogP contribution in [0.25, 0.3) is 0 Å². The first-order valence-corrected chi connectivity index (χ1v) is 7.43. The van der Waals surface area contributed by atoms with Crippen molar-refractivity contribution in [2.45, 2.75) is 0 Å². The van der Waals surface area contributed by atoms with Crippen molar-refractivity contribution in [1.82, 2.24) is 9.80 Å². The van der Waals surface area contributed by atoms with Gasteiger partial charge in [-0.25, -0.2) is 0 Å². The molecule has 0 unspecified atom stereocenters. The van der Waals surface area contributed by atoms with Crippen molar-refractivity contribution in [1.29, 1.82) is 0 Å². The summed E-state index contributed by atoms with van der Waals surface area (Å²) in [5, 5.41) is 0. The van der Waals surface area contributed by atoms with Gasteiger partial charge < -0.3 is 23.8 Å². The Morgan fingerprint density at radius 1 is 0.600 bits per heavy atom. The van der Waals surface area contributed by atoms with Crippen molar-refractivity contribution < 1.29 is 18.9 Å². The standard InChI is InChI=1S/C14H26N2O4/c1-7-17-9-3-16-4-10-18-8-2-15(1)5-11-19-13-14-20-12-6-16/h5,11H,1-4,6-10,12-14H2. The van der Waals surface area contributed by atoms with Crippen molar-refractivity contribution in [2.75, 3.05) is 79.0 Å². The molecule has 3 aliphatic heterocycles. The van der Waals surface area contributed by atoms with E-state index < -0.39 is 0 Å². The Bertz CT molecular complexity index is 259. The summed E-state index contributed by atoms with van der Waals surface area (Å²) in [7, 11) is 0. The van der Waals surface area contributed by atoms with Gasteiger partial charge in [-0.05, 0) is 0 Å². The predicted molar refractivity (Wildman–Crippen MR) is 75.6 cm³/mol. The molecule has 0 aromatic carbocycles. The molecule has 6 nitrogen and oxygen atoms in total. The summed E-state index contributed by atoms with van der Waals surface area (Å²) in [4.78, 5) is 4.50. The fraction of sp³-hybridized carbons (Fsp3) is 0.857. The van der Waals surface area contributed by atoms with Crippen LogP contribution in [0.5, 0.6) is 0 Å². The molecule has 3 rings (SSSR count). The monoisotopic (exact) mass is 286 g/mol. The molecule has 0 spiro atoms. The second kappa shape index (κ2) is 9.99. The van der Waals surface area contributed by atoms with Gasteiger partial charge in [-0.15, -0.1) is 0 Å². The molecule has 1 fully saturated rings. The first-order chi connectivity index (χ1) is 9.95. The minimum absolute atomic E-state index is 0.595. The molecule has 0 atom stereocenters. The van der Waals surface area contributed by atoms with E-state index in [1.807, 2.05) is 6.20 Å². The molecule has 0 aromatic heterocycles. The van der Waals surface area contributed by atoms with Crippen LogP contribution in [-0.2, 0) is 18.9 Å². The lowest BCUT2D eigenvalue weighted by atomic mass is 10.4. The maximum absolute atomic E-state index is 5.70. The SMILES string of the molecule is C1=CN2CCOCCN(CCOCCO1)CCOCC2. The third-order valence-corrected chi connectivity index (χ3v) is 3.41. The van der Waals surface area contributed by atoms with Gasteiger partial charge in [0, 0.05) is 38.9 Å². The van der Waals surface area contributed by atoms with Crippen LogP contribution < -0.4 is 0 Å². The van der Waals surface area contributed by atoms with Gasteiger partial charge in [0.15, 0.2) is 0 Å². The summed E-state index contributed by atoms with van der Waals surface area (Å²) in [5.74, 6) is 0. The van der Waals surface area contributed by atoms with E-state index in [1.54, 1.807) is 6.26 Å². The molecule has 20 heavy (non-hydrogen) atoms. The molecule has 0 aliphatic carbocycles. The number of fused-ring (bicyclic) bond motifs is 14. The van der Waals surface area contributed by atoms with E-state index in [0.717, 1.165) is 65.8 Å². The first-order valence-electron chi connectivity index (χ1n) is 7.43. The minimum atomic E-state index is 0.595. The Morgan fingerprint density at radius 2 is 1.15 bits per heavy atom. The average Bonchev–Trinajstić information content (AvgIpc) is 2.46. The Hall–Kier alpha value is -0.820. The molecule has 116 valence electrons. The number of hydrogen-bond acceptors (Lipinski definition) is 6. The summed E-state index contributed by atoms with van der Waals surface area (Å²) >= 11 is 0. The highest BCUT2D eigenvalue weighted by Crippen LogP contribution is 1.97. The van der Waals surface area contributed by atoms with Crippen molar-refractivity contribution in [3.63, 3.8) is 0 Å². The Balaban J connectivity index is 1.93. The Kier molecular flexibility index (Phi) is 7.77. The molecule has 0 N–H and O–H groups in total. The predicted octanol–water partition coefficient (Wildman–Crippen LogP) is 0.155. The van der Waals surface area contributed by atoms with Crippen LogP contribution in [0.3, 0.4) is 0 Å². The highest BCUT2D eigenvalue weighted by Gasteiger charge is 2.08. The Labute approximate surface area is 121 Å². The molecule has 0 radical (unpaired) electrons. The fourth-order valence-corrected chi connectivity index (χ4v) is 2.15. The topological polar surface area (TPSA) is 43.4 Å². The van der Waals surface area contributed by atoms with Gasteiger partial charge in [-0.1, -0.05) is 0 Å². The van der Waals surface area contributed by atoms with E-state index in [-0.39, 0.29) is 0 Å². The lowest BCUT2D eigenvalue weighted by Gasteiger charge is -2.25. The van der Waals surface area contributed by atoms with E-state index >= 15 is 0 Å². The summed E-state index contributed by atoms with van der Waals surface area (Å²) in [6, 6.07) is 0.